The van der Waals surface area contributed by atoms with Gasteiger partial charge in [-0.05, 0) is 19.4 Å². The second-order valence-electron chi connectivity index (χ2n) is 8.23. The molecule has 1 saturated carbocycles. The molecule has 1 aromatic heterocycles. The molecule has 7 nitrogen and oxygen atoms in total. The molecule has 0 aromatic carbocycles. The molecule has 0 spiro atoms. The van der Waals surface area contributed by atoms with Crippen molar-refractivity contribution in [2.45, 2.75) is 51.1 Å². The summed E-state index contributed by atoms with van der Waals surface area (Å²) in [5.74, 6) is 0.0332. The minimum atomic E-state index is -4.70. The van der Waals surface area contributed by atoms with Crippen LogP contribution in [0, 0.1) is 23.2 Å². The van der Waals surface area contributed by atoms with Gasteiger partial charge >= 0.3 is 12.1 Å². The van der Waals surface area contributed by atoms with Gasteiger partial charge in [-0.1, -0.05) is 6.92 Å². The molecule has 3 aliphatic rings. The number of carbonyl (C=O) groups is 1. The minimum absolute atomic E-state index is 0.0494. The fourth-order valence-corrected chi connectivity index (χ4v) is 4.34. The maximum Gasteiger partial charge on any atom is 0.417 e. The number of hydrogen-bond acceptors (Lipinski definition) is 7. The van der Waals surface area contributed by atoms with E-state index in [2.05, 4.69) is 4.98 Å². The van der Waals surface area contributed by atoms with E-state index in [1.807, 2.05) is 6.92 Å². The maximum absolute atomic E-state index is 13.7. The number of β-amino-alcohol motifs (C(OH)–C–C–N with tert-alkyl or cyclic N) is 1. The fourth-order valence-electron chi connectivity index (χ4n) is 4.34. The monoisotopic (exact) mass is 424 g/mol. The SMILES string of the molecule is CCCC(=O)OC1C2CN(c3cc(C(F)(F)F)c(C#N)c(N4C[C@@H](O)[C@@H]4C)n3)CC21. The normalized spacial score (nSPS) is 29.8. The highest BCUT2D eigenvalue weighted by Crippen LogP contribution is 2.50. The predicted octanol–water partition coefficient (Wildman–Crippen LogP) is 2.32. The number of aromatic nitrogens is 1. The molecule has 2 saturated heterocycles. The highest BCUT2D eigenvalue weighted by molar-refractivity contribution is 5.70. The van der Waals surface area contributed by atoms with Gasteiger partial charge in [-0.3, -0.25) is 4.79 Å². The van der Waals surface area contributed by atoms with Crippen molar-refractivity contribution in [1.82, 2.24) is 4.98 Å². The number of halogens is 3. The van der Waals surface area contributed by atoms with Crippen molar-refractivity contribution in [2.75, 3.05) is 29.4 Å². The Hall–Kier alpha value is -2.54. The zero-order valence-electron chi connectivity index (χ0n) is 16.7. The third kappa shape index (κ3) is 3.45. The van der Waals surface area contributed by atoms with Gasteiger partial charge in [-0.15, -0.1) is 0 Å². The maximum atomic E-state index is 13.7. The third-order valence-electron chi connectivity index (χ3n) is 6.27. The summed E-state index contributed by atoms with van der Waals surface area (Å²) < 4.78 is 46.5. The Kier molecular flexibility index (Phi) is 5.04. The largest absolute Gasteiger partial charge is 0.462 e. The average Bonchev–Trinajstić information content (AvgIpc) is 3.12. The number of esters is 1. The lowest BCUT2D eigenvalue weighted by Crippen LogP contribution is -2.59. The molecule has 4 atom stereocenters. The number of aliphatic hydroxyl groups is 1. The van der Waals surface area contributed by atoms with E-state index >= 15 is 0 Å². The molecule has 0 radical (unpaired) electrons. The molecule has 0 amide bonds. The lowest BCUT2D eigenvalue weighted by atomic mass is 9.99. The van der Waals surface area contributed by atoms with Crippen LogP contribution in [0.1, 0.15) is 37.8 Å². The van der Waals surface area contributed by atoms with Gasteiger partial charge in [0.25, 0.3) is 0 Å². The summed E-state index contributed by atoms with van der Waals surface area (Å²) in [5, 5.41) is 19.2. The van der Waals surface area contributed by atoms with Gasteiger partial charge in [-0.25, -0.2) is 4.98 Å². The first kappa shape index (κ1) is 20.7. The average molecular weight is 424 g/mol. The van der Waals surface area contributed by atoms with Crippen LogP contribution in [-0.4, -0.2) is 53.9 Å². The van der Waals surface area contributed by atoms with Crippen LogP contribution in [0.3, 0.4) is 0 Å². The Bertz CT molecular complexity index is 889. The first-order chi connectivity index (χ1) is 14.2. The smallest absolute Gasteiger partial charge is 0.417 e. The van der Waals surface area contributed by atoms with Crippen LogP contribution in [0.25, 0.3) is 0 Å². The second-order valence-corrected chi connectivity index (χ2v) is 8.23. The van der Waals surface area contributed by atoms with E-state index in [-0.39, 0.29) is 42.1 Å². The number of ether oxygens (including phenoxy) is 1. The number of fused-ring (bicyclic) bond motifs is 1. The van der Waals surface area contributed by atoms with Crippen molar-refractivity contribution in [3.63, 3.8) is 0 Å². The van der Waals surface area contributed by atoms with E-state index in [0.29, 0.717) is 25.9 Å². The summed E-state index contributed by atoms with van der Waals surface area (Å²) in [6.45, 7) is 4.59. The molecule has 10 heteroatoms. The van der Waals surface area contributed by atoms with Gasteiger partial charge < -0.3 is 19.6 Å². The minimum Gasteiger partial charge on any atom is -0.462 e. The Morgan fingerprint density at radius 3 is 2.53 bits per heavy atom. The lowest BCUT2D eigenvalue weighted by Gasteiger charge is -2.45. The van der Waals surface area contributed by atoms with E-state index in [9.17, 15) is 28.3 Å². The summed E-state index contributed by atoms with van der Waals surface area (Å²) in [6.07, 6.45) is -4.49. The highest BCUT2D eigenvalue weighted by Gasteiger charge is 2.59. The van der Waals surface area contributed by atoms with E-state index in [4.69, 9.17) is 4.74 Å². The summed E-state index contributed by atoms with van der Waals surface area (Å²) in [7, 11) is 0. The quantitative estimate of drug-likeness (QED) is 0.726. The fraction of sp³-hybridized carbons (Fsp3) is 0.650. The molecule has 2 unspecified atom stereocenters. The Balaban J connectivity index is 1.58. The topological polar surface area (TPSA) is 89.7 Å². The molecule has 3 heterocycles. The Labute approximate surface area is 172 Å². The van der Waals surface area contributed by atoms with Crippen LogP contribution >= 0.6 is 0 Å². The number of piperidine rings is 1. The standard InChI is InChI=1S/C20H23F3N4O3/c1-3-4-17(29)30-18-12-7-26(8-13(12)18)16-5-14(20(21,22)23)11(6-24)19(25-16)27-9-15(28)10(27)2/h5,10,12-13,15,18,28H,3-4,7-9H2,1-2H3/t10-,12?,13?,15+,18?/m0/s1. The number of nitrogens with zero attached hydrogens (tertiary/aromatic N) is 4. The van der Waals surface area contributed by atoms with Gasteiger partial charge in [0.2, 0.25) is 0 Å². The summed E-state index contributed by atoms with van der Waals surface area (Å²) in [5.41, 5.74) is -1.55. The molecule has 4 rings (SSSR count). The molecule has 1 aliphatic carbocycles. The number of aliphatic hydroxyl groups excluding tert-OH is 1. The van der Waals surface area contributed by atoms with Crippen molar-refractivity contribution in [1.29, 1.82) is 5.26 Å². The van der Waals surface area contributed by atoms with Crippen LogP contribution in [0.2, 0.25) is 0 Å². The zero-order chi connectivity index (χ0) is 21.8. The number of rotatable bonds is 5. The van der Waals surface area contributed by atoms with Gasteiger partial charge in [0.15, 0.2) is 0 Å². The molecule has 1 N–H and O–H groups in total. The number of anilines is 2. The molecular formula is C20H23F3N4O3. The van der Waals surface area contributed by atoms with Gasteiger partial charge in [0, 0.05) is 37.9 Å². The van der Waals surface area contributed by atoms with E-state index in [1.165, 1.54) is 4.90 Å². The summed E-state index contributed by atoms with van der Waals surface area (Å²) >= 11 is 0. The molecule has 2 aliphatic heterocycles. The molecule has 1 aromatic rings. The van der Waals surface area contributed by atoms with Crippen LogP contribution in [0.5, 0.6) is 0 Å². The summed E-state index contributed by atoms with van der Waals surface area (Å²) in [6, 6.07) is 2.15. The third-order valence-corrected chi connectivity index (χ3v) is 6.27. The van der Waals surface area contributed by atoms with Crippen LogP contribution in [0.4, 0.5) is 24.8 Å². The van der Waals surface area contributed by atoms with Crippen molar-refractivity contribution >= 4 is 17.6 Å². The lowest BCUT2D eigenvalue weighted by molar-refractivity contribution is -0.146. The molecular weight excluding hydrogens is 401 g/mol. The second kappa shape index (κ2) is 7.30. The van der Waals surface area contributed by atoms with Crippen molar-refractivity contribution in [2.24, 2.45) is 11.8 Å². The molecule has 30 heavy (non-hydrogen) atoms. The number of alkyl halides is 3. The number of carbonyl (C=O) groups excluding carboxylic acids is 1. The van der Waals surface area contributed by atoms with Crippen LogP contribution in [-0.2, 0) is 15.7 Å². The first-order valence-electron chi connectivity index (χ1n) is 10.1. The molecule has 3 fully saturated rings. The highest BCUT2D eigenvalue weighted by atomic mass is 19.4. The molecule has 0 bridgehead atoms. The Morgan fingerprint density at radius 2 is 2.03 bits per heavy atom. The van der Waals surface area contributed by atoms with Gasteiger partial charge in [-0.2, -0.15) is 18.4 Å². The number of pyridine rings is 1. The van der Waals surface area contributed by atoms with Gasteiger partial charge in [0.1, 0.15) is 29.4 Å². The van der Waals surface area contributed by atoms with E-state index in [1.54, 1.807) is 17.9 Å². The van der Waals surface area contributed by atoms with Crippen molar-refractivity contribution in [3.05, 3.63) is 17.2 Å². The first-order valence-corrected chi connectivity index (χ1v) is 10.1. The van der Waals surface area contributed by atoms with Crippen molar-refractivity contribution in [3.8, 4) is 6.07 Å². The number of hydrogen-bond donors (Lipinski definition) is 1. The van der Waals surface area contributed by atoms with E-state index < -0.39 is 29.4 Å². The van der Waals surface area contributed by atoms with Gasteiger partial charge in [0.05, 0.1) is 17.7 Å². The van der Waals surface area contributed by atoms with E-state index in [0.717, 1.165) is 6.07 Å². The summed E-state index contributed by atoms with van der Waals surface area (Å²) in [4.78, 5) is 19.3. The predicted molar refractivity (Wildman–Crippen MR) is 101 cm³/mol. The van der Waals surface area contributed by atoms with Crippen LogP contribution < -0.4 is 9.80 Å². The molecule has 162 valence electrons. The Morgan fingerprint density at radius 1 is 1.37 bits per heavy atom. The van der Waals surface area contributed by atoms with Crippen molar-refractivity contribution < 1.29 is 27.8 Å². The van der Waals surface area contributed by atoms with Crippen LogP contribution in [0.15, 0.2) is 6.07 Å². The zero-order valence-corrected chi connectivity index (χ0v) is 16.7. The number of nitriles is 1.